The molecule has 3 aromatic carbocycles. The summed E-state index contributed by atoms with van der Waals surface area (Å²) < 4.78 is 0. The molecule has 2 aromatic heterocycles. The maximum Gasteiger partial charge on any atom is 0.262 e. The molecule has 2 aliphatic heterocycles. The van der Waals surface area contributed by atoms with E-state index < -0.39 is 0 Å². The number of fused-ring (bicyclic) bond motifs is 3. The molecule has 4 heterocycles. The predicted molar refractivity (Wildman–Crippen MR) is 380 cm³/mol. The standard InChI is InChI=1S/C82H114N4O4/c1-7-11-15-19-23-27-29-33-37-42-47-61(46-40-35-31-25-21-17-13-9-3)57-85-79(87)67-53-60(6)71-75-72(67)69(81(85)89)56-84-78(75)74-66(65-52-59(5)63-50-44-39-45-51-64(63)65)54-68-73-70(55-83-77(71)76(73)74)82(90)86(80(68)88)58-62(48-41-36-32-26-22-18-14-10-4)49-43-38-34-30-28-24-20-16-12-8-2/h39,44-45,50-56,61-62H,7-38,40-43,46-49,57-58H2,1-6H3. The van der Waals surface area contributed by atoms with Crippen LogP contribution in [0.1, 0.15) is 337 Å². The average molecular weight is 1220 g/mol. The van der Waals surface area contributed by atoms with Gasteiger partial charge >= 0.3 is 0 Å². The number of benzene rings is 3. The minimum atomic E-state index is -0.276. The first-order valence-corrected chi connectivity index (χ1v) is 37.3. The van der Waals surface area contributed by atoms with E-state index in [4.69, 9.17) is 9.97 Å². The van der Waals surface area contributed by atoms with Gasteiger partial charge < -0.3 is 0 Å². The summed E-state index contributed by atoms with van der Waals surface area (Å²) in [4.78, 5) is 75.6. The number of carbonyl (C=O) groups is 4. The monoisotopic (exact) mass is 1220 g/mol. The van der Waals surface area contributed by atoms with Crippen LogP contribution < -0.4 is 0 Å². The quantitative estimate of drug-likeness (QED) is 0.0163. The summed E-state index contributed by atoms with van der Waals surface area (Å²) in [5.74, 6) is -0.592. The van der Waals surface area contributed by atoms with Crippen LogP contribution in [0.4, 0.5) is 0 Å². The van der Waals surface area contributed by atoms with Crippen molar-refractivity contribution in [1.82, 2.24) is 19.8 Å². The molecule has 0 saturated heterocycles. The van der Waals surface area contributed by atoms with Crippen molar-refractivity contribution in [2.24, 2.45) is 11.8 Å². The molecule has 5 aromatic rings. The van der Waals surface area contributed by atoms with Crippen LogP contribution in [0.5, 0.6) is 0 Å². The van der Waals surface area contributed by atoms with Crippen LogP contribution in [0, 0.1) is 25.7 Å². The first-order valence-electron chi connectivity index (χ1n) is 37.3. The van der Waals surface area contributed by atoms with E-state index in [-0.39, 0.29) is 35.5 Å². The molecule has 0 radical (unpaired) electrons. The van der Waals surface area contributed by atoms with Gasteiger partial charge in [0.05, 0.1) is 22.2 Å². The smallest absolute Gasteiger partial charge is 0.262 e. The lowest BCUT2D eigenvalue weighted by atomic mass is 9.81. The SMILES string of the molecule is CCCCCCCCCCCCC(CCCCCCCCCC)CN1C(=O)c2cnc3c4c(-c5cc(C)c6cccccc5-6)cc5c6c(cnc(c7c(C)cc(c2c37)C1=O)c64)C(=O)N(CC(CCCCCCCCCC)CCCCCCCCCCCC)C5=O. The summed E-state index contributed by atoms with van der Waals surface area (Å²) in [7, 11) is 0. The Kier molecular flexibility index (Phi) is 26.9. The molecule has 0 spiro atoms. The predicted octanol–water partition coefficient (Wildman–Crippen LogP) is 24.0. The van der Waals surface area contributed by atoms with Gasteiger partial charge in [0.25, 0.3) is 23.6 Å². The number of carbonyl (C=O) groups excluding carboxylic acids is 4. The van der Waals surface area contributed by atoms with Gasteiger partial charge in [0.2, 0.25) is 0 Å². The van der Waals surface area contributed by atoms with E-state index in [1.165, 1.54) is 205 Å². The van der Waals surface area contributed by atoms with Crippen LogP contribution in [-0.4, -0.2) is 56.5 Å². The Morgan fingerprint density at radius 2 is 0.622 bits per heavy atom. The summed E-state index contributed by atoms with van der Waals surface area (Å²) in [6.45, 7) is 14.1. The minimum Gasteiger partial charge on any atom is -0.274 e. The summed E-state index contributed by atoms with van der Waals surface area (Å²) >= 11 is 0. The zero-order valence-corrected chi connectivity index (χ0v) is 57.0. The van der Waals surface area contributed by atoms with Crippen molar-refractivity contribution in [2.45, 2.75) is 298 Å². The van der Waals surface area contributed by atoms with Gasteiger partial charge in [0, 0.05) is 68.9 Å². The van der Waals surface area contributed by atoms with Crippen LogP contribution >= 0.6 is 0 Å². The third-order valence-corrected chi connectivity index (χ3v) is 21.0. The molecule has 9 rings (SSSR count). The molecular weight excluding hydrogens is 1100 g/mol. The van der Waals surface area contributed by atoms with Gasteiger partial charge in [0.1, 0.15) is 0 Å². The van der Waals surface area contributed by atoms with Crippen LogP contribution in [-0.2, 0) is 0 Å². The number of aromatic nitrogens is 2. The first-order chi connectivity index (χ1) is 44.1. The number of amides is 4. The third kappa shape index (κ3) is 16.7. The molecule has 0 saturated carbocycles. The van der Waals surface area contributed by atoms with Crippen molar-refractivity contribution >= 4 is 67.0 Å². The number of hydrogen-bond donors (Lipinski definition) is 0. The number of unbranched alkanes of at least 4 members (excludes halogenated alkanes) is 32. The van der Waals surface area contributed by atoms with Crippen LogP contribution in [0.15, 0.2) is 60.9 Å². The Bertz CT molecular complexity index is 3410. The summed E-state index contributed by atoms with van der Waals surface area (Å²) in [5, 5.41) is 4.35. The lowest BCUT2D eigenvalue weighted by Crippen LogP contribution is -2.43. The number of rotatable bonds is 45. The van der Waals surface area contributed by atoms with Crippen molar-refractivity contribution in [2.75, 3.05) is 13.1 Å². The molecule has 0 fully saturated rings. The Balaban J connectivity index is 1.05. The largest absolute Gasteiger partial charge is 0.274 e. The highest BCUT2D eigenvalue weighted by Crippen LogP contribution is 2.51. The summed E-state index contributed by atoms with van der Waals surface area (Å²) in [5.41, 5.74) is 9.21. The minimum absolute atomic E-state index is 0.209. The molecule has 2 unspecified atom stereocenters. The van der Waals surface area contributed by atoms with Crippen molar-refractivity contribution in [3.05, 3.63) is 94.3 Å². The molecule has 8 heteroatoms. The fraction of sp³-hybridized carbons (Fsp3) is 0.610. The second-order valence-electron chi connectivity index (χ2n) is 28.1. The highest BCUT2D eigenvalue weighted by Gasteiger charge is 2.40. The fourth-order valence-corrected chi connectivity index (χ4v) is 15.8. The normalized spacial score (nSPS) is 14.2. The lowest BCUT2D eigenvalue weighted by Gasteiger charge is -2.33. The Hall–Kier alpha value is -5.76. The molecule has 0 bridgehead atoms. The highest BCUT2D eigenvalue weighted by molar-refractivity contribution is 6.42. The van der Waals surface area contributed by atoms with Gasteiger partial charge in [-0.1, -0.05) is 295 Å². The molecule has 4 amide bonds. The molecule has 486 valence electrons. The van der Waals surface area contributed by atoms with Crippen molar-refractivity contribution in [3.8, 4) is 22.3 Å². The molecule has 2 aliphatic carbocycles. The second-order valence-corrected chi connectivity index (χ2v) is 28.1. The van der Waals surface area contributed by atoms with E-state index in [2.05, 4.69) is 77.1 Å². The van der Waals surface area contributed by atoms with E-state index in [0.717, 1.165) is 106 Å². The van der Waals surface area contributed by atoms with Gasteiger partial charge in [-0.15, -0.1) is 0 Å². The maximum absolute atomic E-state index is 15.7. The van der Waals surface area contributed by atoms with Crippen molar-refractivity contribution < 1.29 is 19.2 Å². The zero-order chi connectivity index (χ0) is 63.2. The van der Waals surface area contributed by atoms with Crippen LogP contribution in [0.2, 0.25) is 0 Å². The molecule has 4 aliphatic rings. The van der Waals surface area contributed by atoms with Crippen molar-refractivity contribution in [3.63, 3.8) is 0 Å². The fourth-order valence-electron chi connectivity index (χ4n) is 15.8. The maximum atomic E-state index is 15.7. The molecule has 2 atom stereocenters. The molecule has 90 heavy (non-hydrogen) atoms. The van der Waals surface area contributed by atoms with E-state index in [9.17, 15) is 0 Å². The molecule has 8 nitrogen and oxygen atoms in total. The highest BCUT2D eigenvalue weighted by atomic mass is 16.2. The van der Waals surface area contributed by atoms with Crippen LogP contribution in [0.25, 0.3) is 65.6 Å². The first kappa shape index (κ1) is 68.6. The number of pyridine rings is 2. The summed E-state index contributed by atoms with van der Waals surface area (Å²) in [6.07, 6.45) is 52.9. The Morgan fingerprint density at radius 3 is 1.02 bits per heavy atom. The van der Waals surface area contributed by atoms with Gasteiger partial charge in [-0.25, -0.2) is 0 Å². The number of imide groups is 2. The van der Waals surface area contributed by atoms with E-state index in [0.29, 0.717) is 57.1 Å². The van der Waals surface area contributed by atoms with E-state index in [1.54, 1.807) is 22.2 Å². The Morgan fingerprint density at radius 1 is 0.300 bits per heavy atom. The van der Waals surface area contributed by atoms with Gasteiger partial charge in [0.15, 0.2) is 0 Å². The van der Waals surface area contributed by atoms with Gasteiger partial charge in [-0.3, -0.25) is 38.9 Å². The lowest BCUT2D eigenvalue weighted by molar-refractivity contribution is 0.0562. The number of hydrogen-bond acceptors (Lipinski definition) is 6. The van der Waals surface area contributed by atoms with Gasteiger partial charge in [-0.05, 0) is 96.9 Å². The molecule has 0 N–H and O–H groups in total. The zero-order valence-electron chi connectivity index (χ0n) is 57.0. The van der Waals surface area contributed by atoms with Crippen LogP contribution in [0.3, 0.4) is 0 Å². The number of aryl methyl sites for hydroxylation is 2. The summed E-state index contributed by atoms with van der Waals surface area (Å²) in [6, 6.07) is 16.8. The third-order valence-electron chi connectivity index (χ3n) is 21.0. The van der Waals surface area contributed by atoms with E-state index in [1.807, 2.05) is 13.0 Å². The average Bonchev–Trinajstić information content (AvgIpc) is 0.765. The van der Waals surface area contributed by atoms with Gasteiger partial charge in [-0.2, -0.15) is 0 Å². The second kappa shape index (κ2) is 35.3. The number of nitrogens with zero attached hydrogens (tertiary/aromatic N) is 4. The molecular formula is C82H114N4O4. The van der Waals surface area contributed by atoms with Crippen molar-refractivity contribution in [1.29, 1.82) is 0 Å². The topological polar surface area (TPSA) is 101 Å². The van der Waals surface area contributed by atoms with E-state index >= 15 is 19.2 Å². The Labute approximate surface area is 543 Å².